The van der Waals surface area contributed by atoms with Gasteiger partial charge in [-0.2, -0.15) is 0 Å². The molecule has 1 fully saturated rings. The molecule has 86 valence electrons. The largest absolute Gasteiger partial charge is 0.493 e. The van der Waals surface area contributed by atoms with Crippen LogP contribution in [0.1, 0.15) is 37.4 Å². The Morgan fingerprint density at radius 1 is 1.12 bits per heavy atom. The van der Waals surface area contributed by atoms with E-state index in [0.29, 0.717) is 11.8 Å². The highest BCUT2D eigenvalue weighted by molar-refractivity contribution is 5.36. The predicted octanol–water partition coefficient (Wildman–Crippen LogP) is 2.92. The molecule has 0 amide bonds. The number of ether oxygens (including phenoxy) is 1. The van der Waals surface area contributed by atoms with Gasteiger partial charge in [0.05, 0.1) is 12.7 Å². The van der Waals surface area contributed by atoms with Crippen LogP contribution in [0.5, 0.6) is 5.75 Å². The molecule has 1 heterocycles. The maximum Gasteiger partial charge on any atom is 0.125 e. The number of fused-ring (bicyclic) bond motifs is 2. The number of para-hydroxylation sites is 1. The van der Waals surface area contributed by atoms with Crippen LogP contribution in [0.25, 0.3) is 0 Å². The molecule has 3 atom stereocenters. The van der Waals surface area contributed by atoms with Crippen LogP contribution in [0.3, 0.4) is 0 Å². The maximum atomic E-state index is 10.5. The van der Waals surface area contributed by atoms with Crippen LogP contribution in [0.2, 0.25) is 0 Å². The third-order valence-corrected chi connectivity index (χ3v) is 4.06. The van der Waals surface area contributed by atoms with Crippen LogP contribution < -0.4 is 4.74 Å². The zero-order valence-electron chi connectivity index (χ0n) is 9.43. The van der Waals surface area contributed by atoms with Gasteiger partial charge in [0.15, 0.2) is 0 Å². The maximum absolute atomic E-state index is 10.5. The molecule has 0 aromatic heterocycles. The summed E-state index contributed by atoms with van der Waals surface area (Å²) in [5.41, 5.74) is 0.983. The lowest BCUT2D eigenvalue weighted by Crippen LogP contribution is -2.27. The second-order valence-electron chi connectivity index (χ2n) is 5.00. The average molecular weight is 218 g/mol. The van der Waals surface area contributed by atoms with Gasteiger partial charge in [-0.25, -0.2) is 0 Å². The van der Waals surface area contributed by atoms with Crippen LogP contribution >= 0.6 is 0 Å². The van der Waals surface area contributed by atoms with E-state index in [4.69, 9.17) is 4.74 Å². The first kappa shape index (κ1) is 10.2. The van der Waals surface area contributed by atoms with Crippen molar-refractivity contribution in [2.45, 2.75) is 31.8 Å². The molecule has 2 aliphatic rings. The van der Waals surface area contributed by atoms with Gasteiger partial charge in [-0.3, -0.25) is 0 Å². The highest BCUT2D eigenvalue weighted by Crippen LogP contribution is 2.43. The molecular weight excluding hydrogens is 200 g/mol. The van der Waals surface area contributed by atoms with Gasteiger partial charge >= 0.3 is 0 Å². The third kappa shape index (κ3) is 1.61. The minimum atomic E-state index is -0.330. The van der Waals surface area contributed by atoms with E-state index >= 15 is 0 Å². The summed E-state index contributed by atoms with van der Waals surface area (Å²) in [6, 6.07) is 7.92. The van der Waals surface area contributed by atoms with Gasteiger partial charge in [-0.1, -0.05) is 31.0 Å². The fraction of sp³-hybridized carbons (Fsp3) is 0.571. The van der Waals surface area contributed by atoms with E-state index in [1.54, 1.807) is 0 Å². The minimum Gasteiger partial charge on any atom is -0.493 e. The molecule has 1 saturated carbocycles. The molecule has 1 N–H and O–H groups in total. The van der Waals surface area contributed by atoms with E-state index < -0.39 is 0 Å². The van der Waals surface area contributed by atoms with Gasteiger partial charge in [-0.15, -0.1) is 0 Å². The highest BCUT2D eigenvalue weighted by atomic mass is 16.5. The normalized spacial score (nSPS) is 33.2. The minimum absolute atomic E-state index is 0.330. The van der Waals surface area contributed by atoms with Crippen molar-refractivity contribution >= 4 is 0 Å². The SMILES string of the molecule is O[C@@H]1c2ccccc2OC[C@@H]2CCCC[C@H]21. The second kappa shape index (κ2) is 4.10. The fourth-order valence-electron chi connectivity index (χ4n) is 3.14. The summed E-state index contributed by atoms with van der Waals surface area (Å²) in [5, 5.41) is 10.5. The van der Waals surface area contributed by atoms with E-state index in [-0.39, 0.29) is 6.10 Å². The van der Waals surface area contributed by atoms with Gasteiger partial charge in [0.1, 0.15) is 5.75 Å². The highest BCUT2D eigenvalue weighted by Gasteiger charge is 2.35. The van der Waals surface area contributed by atoms with Crippen molar-refractivity contribution < 1.29 is 9.84 Å². The summed E-state index contributed by atoms with van der Waals surface area (Å²) >= 11 is 0. The Kier molecular flexibility index (Phi) is 2.60. The number of rotatable bonds is 0. The lowest BCUT2D eigenvalue weighted by Gasteiger charge is -2.31. The number of hydrogen-bond acceptors (Lipinski definition) is 2. The Morgan fingerprint density at radius 3 is 2.88 bits per heavy atom. The van der Waals surface area contributed by atoms with Gasteiger partial charge < -0.3 is 9.84 Å². The quantitative estimate of drug-likeness (QED) is 0.725. The van der Waals surface area contributed by atoms with E-state index in [0.717, 1.165) is 24.3 Å². The van der Waals surface area contributed by atoms with Crippen molar-refractivity contribution in [3.05, 3.63) is 29.8 Å². The number of benzene rings is 1. The zero-order chi connectivity index (χ0) is 11.0. The standard InChI is InChI=1S/C14H18O2/c15-14-11-6-2-1-5-10(11)9-16-13-8-4-3-7-12(13)14/h3-4,7-8,10-11,14-15H,1-2,5-6,9H2/t10-,11+,14-/m0/s1. The molecule has 0 unspecified atom stereocenters. The molecule has 16 heavy (non-hydrogen) atoms. The summed E-state index contributed by atoms with van der Waals surface area (Å²) < 4.78 is 5.83. The first-order valence-electron chi connectivity index (χ1n) is 6.26. The molecule has 0 spiro atoms. The smallest absolute Gasteiger partial charge is 0.125 e. The van der Waals surface area contributed by atoms with Crippen LogP contribution in [-0.4, -0.2) is 11.7 Å². The van der Waals surface area contributed by atoms with Crippen LogP contribution in [-0.2, 0) is 0 Å². The van der Waals surface area contributed by atoms with E-state index in [9.17, 15) is 5.11 Å². The Bertz CT molecular complexity index is 375. The average Bonchev–Trinajstić information content (AvgIpc) is 2.49. The molecule has 1 aromatic rings. The first-order valence-corrected chi connectivity index (χ1v) is 6.26. The molecule has 0 radical (unpaired) electrons. The summed E-state index contributed by atoms with van der Waals surface area (Å²) in [5.74, 6) is 1.82. The topological polar surface area (TPSA) is 29.5 Å². The number of hydrogen-bond donors (Lipinski definition) is 1. The monoisotopic (exact) mass is 218 g/mol. The van der Waals surface area contributed by atoms with Gasteiger partial charge in [-0.05, 0) is 30.7 Å². The third-order valence-electron chi connectivity index (χ3n) is 4.06. The van der Waals surface area contributed by atoms with E-state index in [1.807, 2.05) is 24.3 Å². The van der Waals surface area contributed by atoms with E-state index in [1.165, 1.54) is 19.3 Å². The Morgan fingerprint density at radius 2 is 1.94 bits per heavy atom. The van der Waals surface area contributed by atoms with Crippen molar-refractivity contribution in [3.8, 4) is 5.75 Å². The Labute approximate surface area is 96.2 Å². The van der Waals surface area contributed by atoms with Crippen molar-refractivity contribution in [2.75, 3.05) is 6.61 Å². The molecule has 3 rings (SSSR count). The summed E-state index contributed by atoms with van der Waals surface area (Å²) in [6.45, 7) is 0.777. The van der Waals surface area contributed by atoms with Gasteiger partial charge in [0.2, 0.25) is 0 Å². The first-order chi connectivity index (χ1) is 7.86. The van der Waals surface area contributed by atoms with Gasteiger partial charge in [0, 0.05) is 5.56 Å². The molecule has 1 aromatic carbocycles. The Hall–Kier alpha value is -1.02. The molecule has 0 saturated heterocycles. The zero-order valence-corrected chi connectivity index (χ0v) is 9.43. The second-order valence-corrected chi connectivity index (χ2v) is 5.00. The molecule has 1 aliphatic heterocycles. The summed E-state index contributed by atoms with van der Waals surface area (Å²) in [6.07, 6.45) is 4.55. The fourth-order valence-corrected chi connectivity index (χ4v) is 3.14. The molecule has 2 nitrogen and oxygen atoms in total. The van der Waals surface area contributed by atoms with Crippen molar-refractivity contribution in [1.29, 1.82) is 0 Å². The lowest BCUT2D eigenvalue weighted by atomic mass is 9.75. The number of aliphatic hydroxyl groups is 1. The Balaban J connectivity index is 1.96. The van der Waals surface area contributed by atoms with Crippen molar-refractivity contribution in [2.24, 2.45) is 11.8 Å². The summed E-state index contributed by atoms with van der Waals surface area (Å²) in [7, 11) is 0. The molecule has 0 bridgehead atoms. The van der Waals surface area contributed by atoms with E-state index in [2.05, 4.69) is 0 Å². The van der Waals surface area contributed by atoms with Gasteiger partial charge in [0.25, 0.3) is 0 Å². The van der Waals surface area contributed by atoms with Crippen LogP contribution in [0.4, 0.5) is 0 Å². The molecule has 2 heteroatoms. The predicted molar refractivity (Wildman–Crippen MR) is 62.3 cm³/mol. The molecular formula is C14H18O2. The molecule has 1 aliphatic carbocycles. The van der Waals surface area contributed by atoms with Crippen molar-refractivity contribution in [1.82, 2.24) is 0 Å². The van der Waals surface area contributed by atoms with Crippen molar-refractivity contribution in [3.63, 3.8) is 0 Å². The number of aliphatic hydroxyl groups excluding tert-OH is 1. The lowest BCUT2D eigenvalue weighted by molar-refractivity contribution is 0.0422. The van der Waals surface area contributed by atoms with Crippen LogP contribution in [0, 0.1) is 11.8 Å². The summed E-state index contributed by atoms with van der Waals surface area (Å²) in [4.78, 5) is 0. The van der Waals surface area contributed by atoms with Crippen LogP contribution in [0.15, 0.2) is 24.3 Å².